The molecular weight excluding hydrogens is 198 g/mol. The minimum atomic E-state index is -0.519. The van der Waals surface area contributed by atoms with Crippen LogP contribution in [0.25, 0.3) is 0 Å². The first-order chi connectivity index (χ1) is 7.66. The third-order valence-corrected chi connectivity index (χ3v) is 2.64. The Kier molecular flexibility index (Phi) is 5.04. The third kappa shape index (κ3) is 3.37. The molecule has 0 heterocycles. The van der Waals surface area contributed by atoms with Crippen molar-refractivity contribution in [3.8, 4) is 12.3 Å². The first-order valence-electron chi connectivity index (χ1n) is 5.56. The summed E-state index contributed by atoms with van der Waals surface area (Å²) in [5, 5.41) is 13.4. The van der Waals surface area contributed by atoms with E-state index in [1.807, 2.05) is 30.3 Å². The molecule has 0 aliphatic rings. The molecule has 2 heteroatoms. The molecule has 2 nitrogen and oxygen atoms in total. The highest BCUT2D eigenvalue weighted by molar-refractivity contribution is 5.19. The number of benzene rings is 1. The van der Waals surface area contributed by atoms with E-state index in [0.717, 1.165) is 5.56 Å². The Hall–Kier alpha value is -1.30. The summed E-state index contributed by atoms with van der Waals surface area (Å²) in [7, 11) is 0. The molecule has 2 N–H and O–H groups in total. The van der Waals surface area contributed by atoms with E-state index in [0.29, 0.717) is 12.5 Å². The molecule has 1 rings (SSSR count). The van der Waals surface area contributed by atoms with Crippen LogP contribution in [0.15, 0.2) is 30.3 Å². The van der Waals surface area contributed by atoms with Crippen molar-refractivity contribution in [1.29, 1.82) is 0 Å². The maximum Gasteiger partial charge on any atom is 0.0945 e. The van der Waals surface area contributed by atoms with Gasteiger partial charge >= 0.3 is 0 Å². The van der Waals surface area contributed by atoms with Gasteiger partial charge in [-0.2, -0.15) is 0 Å². The third-order valence-electron chi connectivity index (χ3n) is 2.64. The largest absolute Gasteiger partial charge is 0.387 e. The quantitative estimate of drug-likeness (QED) is 0.739. The summed E-state index contributed by atoms with van der Waals surface area (Å²) in [6, 6.07) is 9.64. The number of terminal acetylenes is 1. The molecule has 1 aromatic carbocycles. The number of hydrogen-bond acceptors (Lipinski definition) is 2. The van der Waals surface area contributed by atoms with Crippen LogP contribution in [0.2, 0.25) is 0 Å². The first-order valence-corrected chi connectivity index (χ1v) is 5.56. The molecule has 0 saturated heterocycles. The van der Waals surface area contributed by atoms with E-state index in [4.69, 9.17) is 6.42 Å². The second-order valence-electron chi connectivity index (χ2n) is 4.21. The normalized spacial score (nSPS) is 14.4. The number of nitrogens with one attached hydrogen (secondary N) is 1. The molecule has 0 saturated carbocycles. The van der Waals surface area contributed by atoms with Crippen LogP contribution in [0.5, 0.6) is 0 Å². The van der Waals surface area contributed by atoms with Crippen LogP contribution in [0.4, 0.5) is 0 Å². The second-order valence-corrected chi connectivity index (χ2v) is 4.21. The van der Waals surface area contributed by atoms with Gasteiger partial charge in [-0.25, -0.2) is 0 Å². The van der Waals surface area contributed by atoms with Crippen LogP contribution >= 0.6 is 0 Å². The average Bonchev–Trinajstić information content (AvgIpc) is 2.30. The Morgan fingerprint density at radius 3 is 2.44 bits per heavy atom. The van der Waals surface area contributed by atoms with E-state index in [1.54, 1.807) is 0 Å². The van der Waals surface area contributed by atoms with Gasteiger partial charge < -0.3 is 10.4 Å². The molecule has 16 heavy (non-hydrogen) atoms. The van der Waals surface area contributed by atoms with Gasteiger partial charge in [-0.15, -0.1) is 6.42 Å². The fourth-order valence-electron chi connectivity index (χ4n) is 1.75. The van der Waals surface area contributed by atoms with Crippen molar-refractivity contribution in [2.75, 3.05) is 6.54 Å². The minimum Gasteiger partial charge on any atom is -0.387 e. The van der Waals surface area contributed by atoms with Crippen LogP contribution < -0.4 is 5.32 Å². The molecule has 0 amide bonds. The lowest BCUT2D eigenvalue weighted by Crippen LogP contribution is -2.39. The van der Waals surface area contributed by atoms with Gasteiger partial charge in [0.1, 0.15) is 0 Å². The lowest BCUT2D eigenvalue weighted by atomic mass is 9.93. The summed E-state index contributed by atoms with van der Waals surface area (Å²) < 4.78 is 0. The lowest BCUT2D eigenvalue weighted by molar-refractivity contribution is 0.108. The van der Waals surface area contributed by atoms with Crippen LogP contribution in [-0.4, -0.2) is 17.7 Å². The standard InChI is InChI=1S/C14H19NO/c1-4-10-15-13(11(2)3)14(16)12-8-6-5-7-9-12/h1,5-9,11,13-16H,10H2,2-3H3/t13-,14+/m0/s1. The Morgan fingerprint density at radius 2 is 1.94 bits per heavy atom. The number of rotatable bonds is 5. The van der Waals surface area contributed by atoms with Crippen LogP contribution in [0.1, 0.15) is 25.5 Å². The highest BCUT2D eigenvalue weighted by Crippen LogP contribution is 2.21. The second kappa shape index (κ2) is 6.32. The molecule has 1 aromatic rings. The SMILES string of the molecule is C#CCN[C@@H](C(C)C)[C@H](O)c1ccccc1. The van der Waals surface area contributed by atoms with E-state index in [-0.39, 0.29) is 6.04 Å². The molecule has 0 fully saturated rings. The zero-order valence-corrected chi connectivity index (χ0v) is 9.85. The summed E-state index contributed by atoms with van der Waals surface area (Å²) in [5.74, 6) is 2.86. The van der Waals surface area contributed by atoms with Gasteiger partial charge in [-0.1, -0.05) is 50.1 Å². The summed E-state index contributed by atoms with van der Waals surface area (Å²) in [5.41, 5.74) is 0.922. The molecule has 0 spiro atoms. The van der Waals surface area contributed by atoms with Crippen molar-refractivity contribution in [1.82, 2.24) is 5.32 Å². The van der Waals surface area contributed by atoms with Gasteiger partial charge in [-0.3, -0.25) is 0 Å². The van der Waals surface area contributed by atoms with Crippen molar-refractivity contribution < 1.29 is 5.11 Å². The molecule has 0 aliphatic heterocycles. The van der Waals surface area contributed by atoms with Crippen molar-refractivity contribution in [3.05, 3.63) is 35.9 Å². The monoisotopic (exact) mass is 217 g/mol. The summed E-state index contributed by atoms with van der Waals surface area (Å²) in [6.07, 6.45) is 4.70. The predicted molar refractivity (Wildman–Crippen MR) is 66.9 cm³/mol. The number of aliphatic hydroxyl groups is 1. The summed E-state index contributed by atoms with van der Waals surface area (Å²) in [4.78, 5) is 0. The average molecular weight is 217 g/mol. The van der Waals surface area contributed by atoms with Crippen LogP contribution in [0.3, 0.4) is 0 Å². The predicted octanol–water partition coefficient (Wildman–Crippen LogP) is 1.97. The van der Waals surface area contributed by atoms with Crippen LogP contribution in [0, 0.1) is 18.3 Å². The summed E-state index contributed by atoms with van der Waals surface area (Å²) >= 11 is 0. The topological polar surface area (TPSA) is 32.3 Å². The number of aliphatic hydroxyl groups excluding tert-OH is 1. The van der Waals surface area contributed by atoms with E-state index in [9.17, 15) is 5.11 Å². The van der Waals surface area contributed by atoms with Crippen molar-refractivity contribution >= 4 is 0 Å². The first kappa shape index (κ1) is 12.8. The molecule has 0 unspecified atom stereocenters. The van der Waals surface area contributed by atoms with Gasteiger partial charge in [0.2, 0.25) is 0 Å². The molecule has 86 valence electrons. The highest BCUT2D eigenvalue weighted by atomic mass is 16.3. The van der Waals surface area contributed by atoms with Gasteiger partial charge in [0, 0.05) is 6.04 Å². The van der Waals surface area contributed by atoms with Gasteiger partial charge in [0.25, 0.3) is 0 Å². The maximum atomic E-state index is 10.2. The zero-order chi connectivity index (χ0) is 12.0. The molecule has 0 aromatic heterocycles. The van der Waals surface area contributed by atoms with Crippen molar-refractivity contribution in [2.45, 2.75) is 26.0 Å². The fourth-order valence-corrected chi connectivity index (χ4v) is 1.75. The molecule has 0 radical (unpaired) electrons. The summed E-state index contributed by atoms with van der Waals surface area (Å²) in [6.45, 7) is 4.62. The minimum absolute atomic E-state index is 0.0153. The van der Waals surface area contributed by atoms with Crippen molar-refractivity contribution in [3.63, 3.8) is 0 Å². The van der Waals surface area contributed by atoms with Crippen LogP contribution in [-0.2, 0) is 0 Å². The maximum absolute atomic E-state index is 10.2. The Bertz CT molecular complexity index is 340. The highest BCUT2D eigenvalue weighted by Gasteiger charge is 2.22. The van der Waals surface area contributed by atoms with Gasteiger partial charge in [0.05, 0.1) is 12.6 Å². The van der Waals surface area contributed by atoms with E-state index >= 15 is 0 Å². The molecule has 0 aliphatic carbocycles. The molecule has 0 bridgehead atoms. The van der Waals surface area contributed by atoms with E-state index < -0.39 is 6.10 Å². The zero-order valence-electron chi connectivity index (χ0n) is 9.85. The Labute approximate surface area is 97.7 Å². The molecule has 2 atom stereocenters. The smallest absolute Gasteiger partial charge is 0.0945 e. The Balaban J connectivity index is 2.75. The fraction of sp³-hybridized carbons (Fsp3) is 0.429. The number of hydrogen-bond donors (Lipinski definition) is 2. The Morgan fingerprint density at radius 1 is 1.31 bits per heavy atom. The van der Waals surface area contributed by atoms with E-state index in [1.165, 1.54) is 0 Å². The molecular formula is C14H19NO. The van der Waals surface area contributed by atoms with Gasteiger partial charge in [0.15, 0.2) is 0 Å². The van der Waals surface area contributed by atoms with Gasteiger partial charge in [-0.05, 0) is 11.5 Å². The van der Waals surface area contributed by atoms with Crippen molar-refractivity contribution in [2.24, 2.45) is 5.92 Å². The lowest BCUT2D eigenvalue weighted by Gasteiger charge is -2.27. The van der Waals surface area contributed by atoms with E-state index in [2.05, 4.69) is 25.1 Å².